The molecule has 0 amide bonds. The van der Waals surface area contributed by atoms with Crippen LogP contribution >= 0.6 is 0 Å². The number of ether oxygens (including phenoxy) is 2. The molecular weight excluding hydrogens is 382 g/mol. The highest BCUT2D eigenvalue weighted by Gasteiger charge is 2.08. The Bertz CT molecular complexity index is 1110. The Kier molecular flexibility index (Phi) is 6.79. The largest absolute Gasteiger partial charge is 0.490 e. The van der Waals surface area contributed by atoms with Crippen LogP contribution in [0, 0.1) is 20.8 Å². The number of nitrogens with one attached hydrogen (secondary N) is 2. The first-order valence-corrected chi connectivity index (χ1v) is 9.64. The van der Waals surface area contributed by atoms with Gasteiger partial charge < -0.3 is 9.47 Å². The molecular formula is C22H25N5O3. The van der Waals surface area contributed by atoms with Gasteiger partial charge in [-0.1, -0.05) is 23.8 Å². The van der Waals surface area contributed by atoms with E-state index in [0.717, 1.165) is 11.1 Å². The highest BCUT2D eigenvalue weighted by atomic mass is 16.5. The predicted octanol–water partition coefficient (Wildman–Crippen LogP) is 3.51. The quantitative estimate of drug-likeness (QED) is 0.438. The smallest absolute Gasteiger partial charge is 0.363 e. The van der Waals surface area contributed by atoms with Crippen LogP contribution in [0.15, 0.2) is 46.3 Å². The number of nitrogens with zero attached hydrogens (tertiary/aromatic N) is 3. The van der Waals surface area contributed by atoms with Crippen molar-refractivity contribution in [1.29, 1.82) is 0 Å². The van der Waals surface area contributed by atoms with E-state index in [1.54, 1.807) is 13.1 Å². The third kappa shape index (κ3) is 5.44. The van der Waals surface area contributed by atoms with Crippen molar-refractivity contribution in [1.82, 2.24) is 15.2 Å². The molecule has 0 aliphatic heterocycles. The van der Waals surface area contributed by atoms with E-state index in [2.05, 4.69) is 57.8 Å². The van der Waals surface area contributed by atoms with Crippen molar-refractivity contribution in [2.45, 2.75) is 34.3 Å². The number of benzene rings is 2. The van der Waals surface area contributed by atoms with Crippen LogP contribution in [0.1, 0.15) is 34.9 Å². The fourth-order valence-electron chi connectivity index (χ4n) is 2.77. The van der Waals surface area contributed by atoms with Gasteiger partial charge in [0.05, 0.1) is 12.8 Å². The Balaban J connectivity index is 1.73. The predicted molar refractivity (Wildman–Crippen MR) is 116 cm³/mol. The lowest BCUT2D eigenvalue weighted by atomic mass is 10.1. The molecule has 1 aromatic heterocycles. The van der Waals surface area contributed by atoms with Gasteiger partial charge in [-0.05, 0) is 62.6 Å². The minimum Gasteiger partial charge on any atom is -0.490 e. The molecule has 0 aliphatic rings. The van der Waals surface area contributed by atoms with Gasteiger partial charge in [0.1, 0.15) is 12.3 Å². The van der Waals surface area contributed by atoms with Crippen LogP contribution in [-0.2, 0) is 6.61 Å². The van der Waals surface area contributed by atoms with Gasteiger partial charge in [0.15, 0.2) is 17.3 Å². The minimum atomic E-state index is -0.540. The fourth-order valence-corrected chi connectivity index (χ4v) is 2.77. The Hall–Kier alpha value is -3.68. The van der Waals surface area contributed by atoms with E-state index in [9.17, 15) is 4.79 Å². The Labute approximate surface area is 175 Å². The van der Waals surface area contributed by atoms with E-state index in [4.69, 9.17) is 9.47 Å². The molecule has 156 valence electrons. The summed E-state index contributed by atoms with van der Waals surface area (Å²) in [5.41, 5.74) is 7.06. The molecule has 3 rings (SSSR count). The second kappa shape index (κ2) is 9.69. The molecule has 0 bridgehead atoms. The summed E-state index contributed by atoms with van der Waals surface area (Å²) in [6, 6.07) is 11.9. The first kappa shape index (κ1) is 21.0. The average molecular weight is 407 g/mol. The molecule has 2 N–H and O–H groups in total. The Morgan fingerprint density at radius 3 is 2.73 bits per heavy atom. The van der Waals surface area contributed by atoms with Crippen LogP contribution in [-0.4, -0.2) is 28.0 Å². The van der Waals surface area contributed by atoms with Gasteiger partial charge in [0, 0.05) is 0 Å². The van der Waals surface area contributed by atoms with Crippen molar-refractivity contribution in [3.05, 3.63) is 74.8 Å². The third-order valence-electron chi connectivity index (χ3n) is 4.41. The first-order chi connectivity index (χ1) is 14.5. The number of hydrazone groups is 1. The summed E-state index contributed by atoms with van der Waals surface area (Å²) in [5.74, 6) is 1.60. The molecule has 8 nitrogen and oxygen atoms in total. The second-order valence-electron chi connectivity index (χ2n) is 6.80. The second-order valence-corrected chi connectivity index (χ2v) is 6.80. The summed E-state index contributed by atoms with van der Waals surface area (Å²) in [7, 11) is 0. The van der Waals surface area contributed by atoms with Crippen LogP contribution in [0.25, 0.3) is 0 Å². The number of aryl methyl sites for hydroxylation is 3. The monoisotopic (exact) mass is 407 g/mol. The van der Waals surface area contributed by atoms with Crippen molar-refractivity contribution < 1.29 is 9.47 Å². The van der Waals surface area contributed by atoms with Crippen molar-refractivity contribution in [3.8, 4) is 11.5 Å². The van der Waals surface area contributed by atoms with E-state index in [-0.39, 0.29) is 0 Å². The lowest BCUT2D eigenvalue weighted by Gasteiger charge is -2.14. The van der Waals surface area contributed by atoms with E-state index < -0.39 is 5.69 Å². The lowest BCUT2D eigenvalue weighted by Crippen LogP contribution is -2.15. The zero-order valence-corrected chi connectivity index (χ0v) is 17.5. The Morgan fingerprint density at radius 2 is 1.93 bits per heavy atom. The van der Waals surface area contributed by atoms with Gasteiger partial charge >= 0.3 is 5.69 Å². The molecule has 0 unspecified atom stereocenters. The molecule has 3 aromatic rings. The summed E-state index contributed by atoms with van der Waals surface area (Å²) in [6.07, 6.45) is 1.61. The Morgan fingerprint density at radius 1 is 1.10 bits per heavy atom. The summed E-state index contributed by atoms with van der Waals surface area (Å²) >= 11 is 0. The summed E-state index contributed by atoms with van der Waals surface area (Å²) in [6.45, 7) is 8.75. The standard InChI is InChI=1S/C22H25N5O3/c1-5-29-20-11-17(12-23-26-21-16(4)25-27-22(28)24-21)8-9-19(20)30-13-18-10-14(2)6-7-15(18)3/h6-12H,5,13H2,1-4H3,(H2,24,26,27,28)/b23-12+. The van der Waals surface area contributed by atoms with Gasteiger partial charge in [-0.2, -0.15) is 15.2 Å². The third-order valence-corrected chi connectivity index (χ3v) is 4.41. The van der Waals surface area contributed by atoms with Crippen LogP contribution < -0.4 is 20.6 Å². The molecule has 0 saturated heterocycles. The van der Waals surface area contributed by atoms with E-state index in [1.807, 2.05) is 25.1 Å². The van der Waals surface area contributed by atoms with Gasteiger partial charge in [0.2, 0.25) is 0 Å². The summed E-state index contributed by atoms with van der Waals surface area (Å²) in [4.78, 5) is 15.1. The van der Waals surface area contributed by atoms with Crippen molar-refractivity contribution in [3.63, 3.8) is 0 Å². The van der Waals surface area contributed by atoms with Crippen molar-refractivity contribution in [2.75, 3.05) is 12.0 Å². The maximum Gasteiger partial charge on any atom is 0.363 e. The highest BCUT2D eigenvalue weighted by molar-refractivity contribution is 5.81. The normalized spacial score (nSPS) is 10.9. The zero-order valence-electron chi connectivity index (χ0n) is 17.5. The average Bonchev–Trinajstić information content (AvgIpc) is 2.72. The molecule has 30 heavy (non-hydrogen) atoms. The number of aromatic amines is 1. The molecule has 0 radical (unpaired) electrons. The molecule has 0 aliphatic carbocycles. The minimum absolute atomic E-state index is 0.300. The molecule has 0 spiro atoms. The van der Waals surface area contributed by atoms with Crippen LogP contribution in [0.3, 0.4) is 0 Å². The van der Waals surface area contributed by atoms with Gasteiger partial charge in [-0.3, -0.25) is 5.43 Å². The molecule has 1 heterocycles. The van der Waals surface area contributed by atoms with Crippen molar-refractivity contribution >= 4 is 12.0 Å². The number of rotatable bonds is 8. The SMILES string of the molecule is CCOc1cc(/C=N/Nc2nc(=O)[nH]nc2C)ccc1OCc1cc(C)ccc1C. The van der Waals surface area contributed by atoms with Crippen molar-refractivity contribution in [2.24, 2.45) is 5.10 Å². The molecule has 0 saturated carbocycles. The molecule has 0 fully saturated rings. The summed E-state index contributed by atoms with van der Waals surface area (Å²) in [5, 5.41) is 10.2. The van der Waals surface area contributed by atoms with Gasteiger partial charge in [0.25, 0.3) is 0 Å². The highest BCUT2D eigenvalue weighted by Crippen LogP contribution is 2.29. The van der Waals surface area contributed by atoms with E-state index in [1.165, 1.54) is 11.1 Å². The van der Waals surface area contributed by atoms with E-state index in [0.29, 0.717) is 36.2 Å². The van der Waals surface area contributed by atoms with Gasteiger partial charge in [-0.25, -0.2) is 9.89 Å². The molecule has 8 heteroatoms. The first-order valence-electron chi connectivity index (χ1n) is 9.64. The van der Waals surface area contributed by atoms with Crippen LogP contribution in [0.2, 0.25) is 0 Å². The molecule has 2 aromatic carbocycles. The van der Waals surface area contributed by atoms with Crippen LogP contribution in [0.5, 0.6) is 11.5 Å². The number of anilines is 1. The maximum atomic E-state index is 11.3. The zero-order chi connectivity index (χ0) is 21.5. The molecule has 0 atom stereocenters. The van der Waals surface area contributed by atoms with E-state index >= 15 is 0 Å². The topological polar surface area (TPSA) is 101 Å². The number of hydrogen-bond donors (Lipinski definition) is 2. The number of aromatic nitrogens is 3. The maximum absolute atomic E-state index is 11.3. The number of hydrogen-bond acceptors (Lipinski definition) is 7. The van der Waals surface area contributed by atoms with Gasteiger partial charge in [-0.15, -0.1) is 0 Å². The lowest BCUT2D eigenvalue weighted by molar-refractivity contribution is 0.269. The fraction of sp³-hybridized carbons (Fsp3) is 0.273. The number of H-pyrrole nitrogens is 1. The summed E-state index contributed by atoms with van der Waals surface area (Å²) < 4.78 is 11.8. The van der Waals surface area contributed by atoms with Crippen LogP contribution in [0.4, 0.5) is 5.82 Å².